The van der Waals surface area contributed by atoms with Crippen molar-refractivity contribution in [3.05, 3.63) is 60.7 Å². The molecule has 2 aliphatic rings. The third-order valence-corrected chi connectivity index (χ3v) is 13.6. The van der Waals surface area contributed by atoms with Crippen molar-refractivity contribution in [2.45, 2.75) is 75.3 Å². The second-order valence-electron chi connectivity index (χ2n) is 8.90. The zero-order chi connectivity index (χ0) is 19.3. The van der Waals surface area contributed by atoms with Gasteiger partial charge in [-0.3, -0.25) is 0 Å². The van der Waals surface area contributed by atoms with Crippen molar-refractivity contribution in [3.8, 4) is 0 Å². The van der Waals surface area contributed by atoms with E-state index in [0.29, 0.717) is 0 Å². The van der Waals surface area contributed by atoms with Crippen LogP contribution in [-0.2, 0) is 0 Å². The van der Waals surface area contributed by atoms with Crippen LogP contribution in [0.3, 0.4) is 0 Å². The summed E-state index contributed by atoms with van der Waals surface area (Å²) in [4.78, 5) is 0. The van der Waals surface area contributed by atoms with Crippen molar-refractivity contribution < 1.29 is 0 Å². The fraction of sp³-hybridized carbons (Fsp3) is 0.538. The zero-order valence-electron chi connectivity index (χ0n) is 17.6. The van der Waals surface area contributed by atoms with Crippen molar-refractivity contribution in [1.82, 2.24) is 0 Å². The van der Waals surface area contributed by atoms with Gasteiger partial charge in [0, 0.05) is 0 Å². The van der Waals surface area contributed by atoms with Gasteiger partial charge in [0.15, 0.2) is 0 Å². The lowest BCUT2D eigenvalue weighted by molar-refractivity contribution is 0.498. The van der Waals surface area contributed by atoms with Crippen LogP contribution in [0.1, 0.15) is 58.3 Å². The summed E-state index contributed by atoms with van der Waals surface area (Å²) in [5, 5.41) is 3.14. The van der Waals surface area contributed by atoms with E-state index < -0.39 is 0 Å². The highest BCUT2D eigenvalue weighted by Gasteiger charge is 2.40. The number of hydrogen-bond donors (Lipinski definition) is 0. The van der Waals surface area contributed by atoms with Gasteiger partial charge in [0.25, 0.3) is 0 Å². The summed E-state index contributed by atoms with van der Waals surface area (Å²) in [5.74, 6) is 0.921. The van der Waals surface area contributed by atoms with Crippen LogP contribution in [0.5, 0.6) is 0 Å². The van der Waals surface area contributed by atoms with Crippen LogP contribution in [0.15, 0.2) is 60.7 Å². The minimum absolute atomic E-state index is 0.176. The number of rotatable bonds is 6. The normalized spacial score (nSPS) is 25.7. The average molecular weight is 411 g/mol. The first-order valence-corrected chi connectivity index (χ1v) is 14.7. The lowest BCUT2D eigenvalue weighted by atomic mass is 10.0. The van der Waals surface area contributed by atoms with Crippen molar-refractivity contribution in [1.29, 1.82) is 0 Å². The first-order valence-electron chi connectivity index (χ1n) is 11.4. The van der Waals surface area contributed by atoms with E-state index in [0.717, 1.165) is 22.9 Å². The summed E-state index contributed by atoms with van der Waals surface area (Å²) >= 11 is 0. The average Bonchev–Trinajstić information content (AvgIpc) is 3.25. The maximum Gasteiger partial charge on any atom is -0.0123 e. The van der Waals surface area contributed by atoms with Gasteiger partial charge in [0.05, 0.1) is 0 Å². The van der Waals surface area contributed by atoms with Crippen LogP contribution in [0.25, 0.3) is 0 Å². The molecule has 2 aromatic carbocycles. The minimum atomic E-state index is -0.282. The molecule has 150 valence electrons. The van der Waals surface area contributed by atoms with Crippen LogP contribution in [-0.4, -0.2) is 23.6 Å². The molecule has 0 saturated heterocycles. The van der Waals surface area contributed by atoms with E-state index in [9.17, 15) is 0 Å². The van der Waals surface area contributed by atoms with E-state index >= 15 is 0 Å². The molecule has 2 aromatic rings. The molecule has 4 atom stereocenters. The summed E-state index contributed by atoms with van der Waals surface area (Å²) < 4.78 is 0. The second kappa shape index (κ2) is 9.87. The number of hydrogen-bond acceptors (Lipinski definition) is 0. The molecule has 2 heteroatoms. The monoisotopic (exact) mass is 410 g/mol. The highest BCUT2D eigenvalue weighted by molar-refractivity contribution is 7.73. The standard InChI is InChI=1S/C26H36P2/c1-21(25-19-12-20-26(25)27(2)22-13-6-3-7-14-22)28(23-15-8-4-9-16-23)24-17-10-5-11-18-24/h4-5,8-11,15-18,21-22,25-26H,3,6-7,12-14,19-20H2,1-2H3/t21?,25?,26-,27?/m0/s1. The van der Waals surface area contributed by atoms with Crippen molar-refractivity contribution in [3.63, 3.8) is 0 Å². The predicted octanol–water partition coefficient (Wildman–Crippen LogP) is 7.12. The van der Waals surface area contributed by atoms with Gasteiger partial charge < -0.3 is 0 Å². The molecule has 0 aromatic heterocycles. The minimum Gasteiger partial charge on any atom is -0.103 e. The Morgan fingerprint density at radius 3 is 1.86 bits per heavy atom. The molecule has 0 radical (unpaired) electrons. The topological polar surface area (TPSA) is 0 Å². The van der Waals surface area contributed by atoms with Gasteiger partial charge in [-0.15, -0.1) is 7.92 Å². The van der Waals surface area contributed by atoms with E-state index in [-0.39, 0.29) is 15.8 Å². The van der Waals surface area contributed by atoms with E-state index in [4.69, 9.17) is 0 Å². The van der Waals surface area contributed by atoms with Gasteiger partial charge in [-0.2, -0.15) is 0 Å². The van der Waals surface area contributed by atoms with Gasteiger partial charge in [-0.25, -0.2) is 0 Å². The third kappa shape index (κ3) is 4.55. The van der Waals surface area contributed by atoms with Crippen molar-refractivity contribution >= 4 is 26.5 Å². The quantitative estimate of drug-likeness (QED) is 0.445. The maximum atomic E-state index is 2.67. The molecule has 2 aliphatic carbocycles. The van der Waals surface area contributed by atoms with Gasteiger partial charge in [0.1, 0.15) is 0 Å². The molecular weight excluding hydrogens is 374 g/mol. The summed E-state index contributed by atoms with van der Waals surface area (Å²) in [6.07, 6.45) is 11.9. The van der Waals surface area contributed by atoms with E-state index in [1.165, 1.54) is 51.4 Å². The lowest BCUT2D eigenvalue weighted by Crippen LogP contribution is -2.31. The van der Waals surface area contributed by atoms with Crippen LogP contribution < -0.4 is 10.6 Å². The second-order valence-corrected chi connectivity index (χ2v) is 14.2. The fourth-order valence-electron chi connectivity index (χ4n) is 5.78. The van der Waals surface area contributed by atoms with Crippen molar-refractivity contribution in [2.24, 2.45) is 5.92 Å². The molecule has 28 heavy (non-hydrogen) atoms. The Kier molecular flexibility index (Phi) is 7.25. The Labute approximate surface area is 175 Å². The van der Waals surface area contributed by atoms with Crippen LogP contribution in [0.2, 0.25) is 0 Å². The lowest BCUT2D eigenvalue weighted by Gasteiger charge is -2.39. The van der Waals surface area contributed by atoms with E-state index in [2.05, 4.69) is 74.3 Å². The van der Waals surface area contributed by atoms with E-state index in [1.54, 1.807) is 10.6 Å². The smallest absolute Gasteiger partial charge is 0.0123 e. The van der Waals surface area contributed by atoms with E-state index in [1.807, 2.05) is 0 Å². The van der Waals surface area contributed by atoms with Gasteiger partial charge in [-0.05, 0) is 73.8 Å². The highest BCUT2D eigenvalue weighted by Crippen LogP contribution is 2.59. The van der Waals surface area contributed by atoms with Gasteiger partial charge in [0.2, 0.25) is 0 Å². The Morgan fingerprint density at radius 1 is 0.714 bits per heavy atom. The summed E-state index contributed by atoms with van der Waals surface area (Å²) in [5.41, 5.74) is 2.84. The van der Waals surface area contributed by atoms with Gasteiger partial charge in [-0.1, -0.05) is 93.3 Å². The van der Waals surface area contributed by atoms with Crippen LogP contribution in [0.4, 0.5) is 0 Å². The SMILES string of the molecule is CC(C1CCC[C@@H]1P(C)C1CCCCC1)P(c1ccccc1)c1ccccc1. The molecule has 0 bridgehead atoms. The predicted molar refractivity (Wildman–Crippen MR) is 129 cm³/mol. The molecule has 0 heterocycles. The third-order valence-electron chi connectivity index (χ3n) is 7.30. The molecule has 0 amide bonds. The van der Waals surface area contributed by atoms with Crippen molar-refractivity contribution in [2.75, 3.05) is 6.66 Å². The summed E-state index contributed by atoms with van der Waals surface area (Å²) in [6, 6.07) is 22.8. The first kappa shape index (κ1) is 20.6. The van der Waals surface area contributed by atoms with Crippen LogP contribution in [0, 0.1) is 5.92 Å². The van der Waals surface area contributed by atoms with Crippen LogP contribution >= 0.6 is 15.8 Å². The molecule has 2 fully saturated rings. The molecule has 3 unspecified atom stereocenters. The Bertz CT molecular complexity index is 668. The number of benzene rings is 2. The Balaban J connectivity index is 1.59. The van der Waals surface area contributed by atoms with Gasteiger partial charge >= 0.3 is 0 Å². The molecule has 4 rings (SSSR count). The summed E-state index contributed by atoms with van der Waals surface area (Å²) in [6.45, 7) is 5.27. The molecule has 0 nitrogen and oxygen atoms in total. The summed E-state index contributed by atoms with van der Waals surface area (Å²) in [7, 11) is -0.105. The molecular formula is C26H36P2. The fourth-order valence-corrected chi connectivity index (χ4v) is 12.2. The zero-order valence-corrected chi connectivity index (χ0v) is 19.4. The molecule has 0 N–H and O–H groups in total. The molecule has 2 saturated carbocycles. The first-order chi connectivity index (χ1) is 13.8. The molecule has 0 aliphatic heterocycles. The maximum absolute atomic E-state index is 2.67. The Hall–Kier alpha value is -0.700. The largest absolute Gasteiger partial charge is 0.103 e. The Morgan fingerprint density at radius 2 is 1.29 bits per heavy atom. The highest BCUT2D eigenvalue weighted by atomic mass is 31.1. The molecule has 0 spiro atoms.